The Hall–Kier alpha value is -1.75. The number of carbonyl (C=O) groups excluding carboxylic acids is 1. The highest BCUT2D eigenvalue weighted by Crippen LogP contribution is 2.22. The maximum Gasteiger partial charge on any atom is 0.272 e. The number of nitrogens with one attached hydrogen (secondary N) is 2. The molecule has 0 aliphatic rings. The van der Waals surface area contributed by atoms with Gasteiger partial charge in [-0.2, -0.15) is 5.10 Å². The van der Waals surface area contributed by atoms with Crippen LogP contribution in [0, 0.1) is 0 Å². The molecule has 0 aliphatic heterocycles. The van der Waals surface area contributed by atoms with Gasteiger partial charge in [0.25, 0.3) is 5.91 Å². The van der Waals surface area contributed by atoms with Crippen LogP contribution in [-0.4, -0.2) is 18.7 Å². The number of rotatable bonds is 4. The minimum atomic E-state index is -0.418. The van der Waals surface area contributed by atoms with E-state index in [2.05, 4.69) is 15.8 Å². The molecular formula is C16H14Cl3N3O. The largest absolute Gasteiger partial charge is 0.388 e. The maximum atomic E-state index is 12.1. The fraction of sp³-hybridized carbons (Fsp3) is 0.125. The molecular weight excluding hydrogens is 357 g/mol. The zero-order chi connectivity index (χ0) is 17.0. The lowest BCUT2D eigenvalue weighted by atomic mass is 10.1. The van der Waals surface area contributed by atoms with Crippen LogP contribution in [0.1, 0.15) is 22.8 Å². The second kappa shape index (κ2) is 7.68. The Morgan fingerprint density at radius 1 is 1.00 bits per heavy atom. The van der Waals surface area contributed by atoms with Crippen LogP contribution < -0.4 is 10.7 Å². The molecule has 0 aliphatic carbocycles. The molecule has 0 bridgehead atoms. The standard InChI is InChI=1S/C16H14Cl3N3O/c1-9(13-7-10(17)4-6-15(13)20-2)21-22-16(23)12-5-3-11(18)8-14(12)19/h3-8,20H,1-2H3,(H,22,23)/b21-9-. The number of carbonyl (C=O) groups is 1. The number of hydrogen-bond donors (Lipinski definition) is 2. The average molecular weight is 371 g/mol. The van der Waals surface area contributed by atoms with Gasteiger partial charge in [-0.15, -0.1) is 0 Å². The van der Waals surface area contributed by atoms with Crippen molar-refractivity contribution in [3.8, 4) is 0 Å². The van der Waals surface area contributed by atoms with Crippen molar-refractivity contribution in [3.05, 3.63) is 62.6 Å². The molecule has 4 nitrogen and oxygen atoms in total. The first kappa shape index (κ1) is 17.6. The van der Waals surface area contributed by atoms with Gasteiger partial charge in [0.15, 0.2) is 0 Å². The zero-order valence-electron chi connectivity index (χ0n) is 12.5. The molecule has 2 aromatic rings. The molecule has 0 atom stereocenters. The van der Waals surface area contributed by atoms with E-state index in [-0.39, 0.29) is 5.02 Å². The molecule has 7 heteroatoms. The molecule has 2 rings (SSSR count). The second-order valence-corrected chi connectivity index (χ2v) is 5.98. The Balaban J connectivity index is 2.22. The van der Waals surface area contributed by atoms with Gasteiger partial charge in [0.2, 0.25) is 0 Å². The molecule has 120 valence electrons. The zero-order valence-corrected chi connectivity index (χ0v) is 14.7. The van der Waals surface area contributed by atoms with Gasteiger partial charge in [0, 0.05) is 28.3 Å². The Morgan fingerprint density at radius 3 is 2.30 bits per heavy atom. The molecule has 0 unspecified atom stereocenters. The first-order chi connectivity index (χ1) is 10.9. The summed E-state index contributed by atoms with van der Waals surface area (Å²) in [6, 6.07) is 10.0. The van der Waals surface area contributed by atoms with Crippen LogP contribution in [0.5, 0.6) is 0 Å². The van der Waals surface area contributed by atoms with Crippen molar-refractivity contribution in [2.75, 3.05) is 12.4 Å². The fourth-order valence-corrected chi connectivity index (χ4v) is 2.63. The van der Waals surface area contributed by atoms with E-state index in [1.165, 1.54) is 6.07 Å². The Labute approximate surface area is 149 Å². The van der Waals surface area contributed by atoms with E-state index < -0.39 is 5.91 Å². The van der Waals surface area contributed by atoms with Crippen molar-refractivity contribution >= 4 is 52.1 Å². The first-order valence-corrected chi connectivity index (χ1v) is 7.83. The molecule has 2 aromatic carbocycles. The third kappa shape index (κ3) is 4.38. The lowest BCUT2D eigenvalue weighted by Gasteiger charge is -2.10. The summed E-state index contributed by atoms with van der Waals surface area (Å²) in [4.78, 5) is 12.1. The first-order valence-electron chi connectivity index (χ1n) is 6.69. The number of amides is 1. The normalized spacial score (nSPS) is 11.3. The summed E-state index contributed by atoms with van der Waals surface area (Å²) >= 11 is 17.8. The van der Waals surface area contributed by atoms with Crippen LogP contribution >= 0.6 is 34.8 Å². The van der Waals surface area contributed by atoms with Gasteiger partial charge in [-0.3, -0.25) is 4.79 Å². The molecule has 1 amide bonds. The summed E-state index contributed by atoms with van der Waals surface area (Å²) in [5, 5.41) is 8.47. The van der Waals surface area contributed by atoms with E-state index in [1.54, 1.807) is 38.2 Å². The summed E-state index contributed by atoms with van der Waals surface area (Å²) in [6.45, 7) is 1.77. The Kier molecular flexibility index (Phi) is 5.88. The molecule has 0 saturated heterocycles. The predicted molar refractivity (Wildman–Crippen MR) is 97.1 cm³/mol. The summed E-state index contributed by atoms with van der Waals surface area (Å²) in [5.41, 5.74) is 5.03. The summed E-state index contributed by atoms with van der Waals surface area (Å²) in [6.07, 6.45) is 0. The SMILES string of the molecule is CNc1ccc(Cl)cc1/C(C)=N\NC(=O)c1ccc(Cl)cc1Cl. The van der Waals surface area contributed by atoms with E-state index in [0.29, 0.717) is 21.3 Å². The fourth-order valence-electron chi connectivity index (χ4n) is 1.96. The molecule has 0 aromatic heterocycles. The van der Waals surface area contributed by atoms with Gasteiger partial charge in [-0.25, -0.2) is 5.43 Å². The van der Waals surface area contributed by atoms with Crippen molar-refractivity contribution in [2.45, 2.75) is 6.92 Å². The van der Waals surface area contributed by atoms with Crippen molar-refractivity contribution in [3.63, 3.8) is 0 Å². The summed E-state index contributed by atoms with van der Waals surface area (Å²) < 4.78 is 0. The van der Waals surface area contributed by atoms with Crippen LogP contribution in [0.4, 0.5) is 5.69 Å². The highest BCUT2D eigenvalue weighted by Gasteiger charge is 2.11. The van der Waals surface area contributed by atoms with Gasteiger partial charge < -0.3 is 5.32 Å². The number of hydrogen-bond acceptors (Lipinski definition) is 3. The van der Waals surface area contributed by atoms with Crippen LogP contribution in [0.15, 0.2) is 41.5 Å². The van der Waals surface area contributed by atoms with Gasteiger partial charge in [-0.05, 0) is 43.3 Å². The number of anilines is 1. The number of halogens is 3. The molecule has 0 saturated carbocycles. The summed E-state index contributed by atoms with van der Waals surface area (Å²) in [7, 11) is 1.80. The average Bonchev–Trinajstić information content (AvgIpc) is 2.52. The maximum absolute atomic E-state index is 12.1. The van der Waals surface area contributed by atoms with Crippen LogP contribution in [0.2, 0.25) is 15.1 Å². The van der Waals surface area contributed by atoms with Crippen LogP contribution in [0.3, 0.4) is 0 Å². The molecule has 0 heterocycles. The Bertz CT molecular complexity index is 775. The Morgan fingerprint density at radius 2 is 1.65 bits per heavy atom. The van der Waals surface area contributed by atoms with Crippen molar-refractivity contribution < 1.29 is 4.79 Å². The van der Waals surface area contributed by atoms with E-state index in [4.69, 9.17) is 34.8 Å². The van der Waals surface area contributed by atoms with Gasteiger partial charge in [0.05, 0.1) is 16.3 Å². The number of nitrogens with zero attached hydrogens (tertiary/aromatic N) is 1. The van der Waals surface area contributed by atoms with E-state index >= 15 is 0 Å². The lowest BCUT2D eigenvalue weighted by Crippen LogP contribution is -2.20. The second-order valence-electron chi connectivity index (χ2n) is 4.70. The number of hydrazone groups is 1. The molecule has 2 N–H and O–H groups in total. The predicted octanol–water partition coefficient (Wildman–Crippen LogP) is 4.84. The van der Waals surface area contributed by atoms with Crippen LogP contribution in [-0.2, 0) is 0 Å². The van der Waals surface area contributed by atoms with E-state index in [9.17, 15) is 4.79 Å². The minimum absolute atomic E-state index is 0.265. The van der Waals surface area contributed by atoms with E-state index in [1.807, 2.05) is 6.07 Å². The third-order valence-corrected chi connectivity index (χ3v) is 3.92. The van der Waals surface area contributed by atoms with Gasteiger partial charge >= 0.3 is 0 Å². The third-order valence-electron chi connectivity index (χ3n) is 3.14. The molecule has 0 spiro atoms. The van der Waals surface area contributed by atoms with Crippen molar-refractivity contribution in [1.82, 2.24) is 5.43 Å². The quantitative estimate of drug-likeness (QED) is 0.597. The lowest BCUT2D eigenvalue weighted by molar-refractivity contribution is 0.0955. The minimum Gasteiger partial charge on any atom is -0.388 e. The van der Waals surface area contributed by atoms with Gasteiger partial charge in [0.1, 0.15) is 0 Å². The molecule has 0 fully saturated rings. The molecule has 0 radical (unpaired) electrons. The topological polar surface area (TPSA) is 53.5 Å². The number of benzene rings is 2. The summed E-state index contributed by atoms with van der Waals surface area (Å²) in [5.74, 6) is -0.418. The van der Waals surface area contributed by atoms with Crippen LogP contribution in [0.25, 0.3) is 0 Å². The van der Waals surface area contributed by atoms with Crippen molar-refractivity contribution in [2.24, 2.45) is 5.10 Å². The van der Waals surface area contributed by atoms with E-state index in [0.717, 1.165) is 11.3 Å². The van der Waals surface area contributed by atoms with Crippen molar-refractivity contribution in [1.29, 1.82) is 0 Å². The highest BCUT2D eigenvalue weighted by atomic mass is 35.5. The monoisotopic (exact) mass is 369 g/mol. The van der Waals surface area contributed by atoms with Gasteiger partial charge in [-0.1, -0.05) is 34.8 Å². The smallest absolute Gasteiger partial charge is 0.272 e. The highest BCUT2D eigenvalue weighted by molar-refractivity contribution is 6.36. The molecule has 23 heavy (non-hydrogen) atoms.